The zero-order valence-electron chi connectivity index (χ0n) is 9.33. The molecule has 2 heterocycles. The third-order valence-corrected chi connectivity index (χ3v) is 3.94. The summed E-state index contributed by atoms with van der Waals surface area (Å²) in [6.07, 6.45) is 1.44. The van der Waals surface area contributed by atoms with Gasteiger partial charge in [-0.25, -0.2) is 0 Å². The first kappa shape index (κ1) is 12.1. The van der Waals surface area contributed by atoms with Crippen LogP contribution in [0.5, 0.6) is 0 Å². The maximum atomic E-state index is 12.2. The average Bonchev–Trinajstić information content (AvgIpc) is 2.97. The van der Waals surface area contributed by atoms with E-state index in [1.54, 1.807) is 0 Å². The molecular weight excluding hydrogens is 238 g/mol. The number of carbonyl (C=O) groups excluding carboxylic acids is 2. The molecule has 1 fully saturated rings. The van der Waals surface area contributed by atoms with Crippen molar-refractivity contribution in [3.05, 3.63) is 22.4 Å². The molecule has 1 aromatic heterocycles. The molecule has 2 unspecified atom stereocenters. The molecule has 0 aliphatic carbocycles. The van der Waals surface area contributed by atoms with Gasteiger partial charge in [0.15, 0.2) is 0 Å². The molecule has 6 heteroatoms. The summed E-state index contributed by atoms with van der Waals surface area (Å²) in [5.41, 5.74) is 11.2. The van der Waals surface area contributed by atoms with Gasteiger partial charge < -0.3 is 16.4 Å². The van der Waals surface area contributed by atoms with Crippen molar-refractivity contribution in [1.82, 2.24) is 4.90 Å². The molecule has 2 amide bonds. The molecule has 0 bridgehead atoms. The smallest absolute Gasteiger partial charge is 0.245 e. The lowest BCUT2D eigenvalue weighted by Gasteiger charge is -2.24. The van der Waals surface area contributed by atoms with E-state index in [1.807, 2.05) is 17.5 Å². The van der Waals surface area contributed by atoms with Crippen LogP contribution < -0.4 is 11.5 Å². The predicted octanol–water partition coefficient (Wildman–Crippen LogP) is 0.224. The lowest BCUT2D eigenvalue weighted by molar-refractivity contribution is -0.138. The highest BCUT2D eigenvalue weighted by Crippen LogP contribution is 2.24. The van der Waals surface area contributed by atoms with Crippen LogP contribution in [-0.4, -0.2) is 29.3 Å². The molecular formula is C11H15N3O2S. The zero-order chi connectivity index (χ0) is 12.4. The quantitative estimate of drug-likeness (QED) is 0.807. The maximum absolute atomic E-state index is 12.2. The summed E-state index contributed by atoms with van der Waals surface area (Å²) < 4.78 is 0. The topological polar surface area (TPSA) is 89.4 Å². The highest BCUT2D eigenvalue weighted by atomic mass is 32.1. The molecule has 2 atom stereocenters. The van der Waals surface area contributed by atoms with Gasteiger partial charge in [0.1, 0.15) is 12.1 Å². The predicted molar refractivity (Wildman–Crippen MR) is 65.2 cm³/mol. The average molecular weight is 253 g/mol. The van der Waals surface area contributed by atoms with Crippen molar-refractivity contribution in [2.75, 3.05) is 6.54 Å². The number of hydrogen-bond acceptors (Lipinski definition) is 4. The minimum Gasteiger partial charge on any atom is -0.368 e. The van der Waals surface area contributed by atoms with Crippen molar-refractivity contribution < 1.29 is 9.59 Å². The van der Waals surface area contributed by atoms with Crippen molar-refractivity contribution in [2.45, 2.75) is 24.9 Å². The number of carbonyl (C=O) groups is 2. The van der Waals surface area contributed by atoms with Gasteiger partial charge in [-0.1, -0.05) is 6.07 Å². The van der Waals surface area contributed by atoms with E-state index < -0.39 is 18.0 Å². The van der Waals surface area contributed by atoms with Crippen LogP contribution in [-0.2, 0) is 9.59 Å². The largest absolute Gasteiger partial charge is 0.368 e. The minimum atomic E-state index is -0.685. The fraction of sp³-hybridized carbons (Fsp3) is 0.455. The van der Waals surface area contributed by atoms with Gasteiger partial charge in [-0.3, -0.25) is 9.59 Å². The Labute approximate surface area is 103 Å². The number of amides is 2. The first-order chi connectivity index (χ1) is 8.11. The lowest BCUT2D eigenvalue weighted by Crippen LogP contribution is -2.47. The van der Waals surface area contributed by atoms with Gasteiger partial charge in [-0.05, 0) is 24.3 Å². The van der Waals surface area contributed by atoms with Crippen molar-refractivity contribution in [3.8, 4) is 0 Å². The molecule has 1 aliphatic rings. The Kier molecular flexibility index (Phi) is 3.44. The summed E-state index contributed by atoms with van der Waals surface area (Å²) in [5.74, 6) is -0.664. The van der Waals surface area contributed by atoms with E-state index in [-0.39, 0.29) is 5.91 Å². The SMILES string of the molecule is NC(=O)C1CCCN1C(=O)C(N)c1cccs1. The molecule has 1 aliphatic heterocycles. The molecule has 5 nitrogen and oxygen atoms in total. The van der Waals surface area contributed by atoms with E-state index in [4.69, 9.17) is 11.5 Å². The van der Waals surface area contributed by atoms with Gasteiger partial charge >= 0.3 is 0 Å². The number of rotatable bonds is 3. The molecule has 0 spiro atoms. The van der Waals surface area contributed by atoms with Gasteiger partial charge in [0.25, 0.3) is 0 Å². The molecule has 17 heavy (non-hydrogen) atoms. The van der Waals surface area contributed by atoms with E-state index in [2.05, 4.69) is 0 Å². The summed E-state index contributed by atoms with van der Waals surface area (Å²) in [6.45, 7) is 0.561. The van der Waals surface area contributed by atoms with Crippen molar-refractivity contribution >= 4 is 23.2 Å². The normalized spacial score (nSPS) is 21.5. The van der Waals surface area contributed by atoms with Gasteiger partial charge in [-0.15, -0.1) is 11.3 Å². The number of primary amides is 1. The van der Waals surface area contributed by atoms with Crippen LogP contribution in [0, 0.1) is 0 Å². The Morgan fingerprint density at radius 2 is 2.29 bits per heavy atom. The molecule has 0 saturated carbocycles. The fourth-order valence-electron chi connectivity index (χ4n) is 2.09. The summed E-state index contributed by atoms with van der Waals surface area (Å²) in [7, 11) is 0. The van der Waals surface area contributed by atoms with Gasteiger partial charge in [-0.2, -0.15) is 0 Å². The molecule has 4 N–H and O–H groups in total. The number of likely N-dealkylation sites (tertiary alicyclic amines) is 1. The first-order valence-electron chi connectivity index (χ1n) is 5.50. The number of hydrogen-bond donors (Lipinski definition) is 2. The third-order valence-electron chi connectivity index (χ3n) is 2.98. The Hall–Kier alpha value is -1.40. The first-order valence-corrected chi connectivity index (χ1v) is 6.38. The molecule has 1 aromatic rings. The summed E-state index contributed by atoms with van der Waals surface area (Å²) in [5, 5.41) is 1.87. The Morgan fingerprint density at radius 3 is 2.88 bits per heavy atom. The Bertz CT molecular complexity index is 418. The zero-order valence-corrected chi connectivity index (χ0v) is 10.2. The fourth-order valence-corrected chi connectivity index (χ4v) is 2.81. The van der Waals surface area contributed by atoms with Crippen LogP contribution >= 0.6 is 11.3 Å². The second-order valence-electron chi connectivity index (χ2n) is 4.09. The van der Waals surface area contributed by atoms with Gasteiger partial charge in [0.05, 0.1) is 0 Å². The Morgan fingerprint density at radius 1 is 1.53 bits per heavy atom. The van der Waals surface area contributed by atoms with Crippen LogP contribution in [0.15, 0.2) is 17.5 Å². The number of nitrogens with zero attached hydrogens (tertiary/aromatic N) is 1. The summed E-state index contributed by atoms with van der Waals surface area (Å²) in [6, 6.07) is 2.49. The van der Waals surface area contributed by atoms with Crippen molar-refractivity contribution in [1.29, 1.82) is 0 Å². The maximum Gasteiger partial charge on any atom is 0.245 e. The summed E-state index contributed by atoms with van der Waals surface area (Å²) in [4.78, 5) is 25.7. The van der Waals surface area contributed by atoms with Crippen molar-refractivity contribution in [2.24, 2.45) is 11.5 Å². The standard InChI is InChI=1S/C11H15N3O2S/c12-9(8-4-2-6-17-8)11(16)14-5-1-3-7(14)10(13)15/h2,4,6-7,9H,1,3,5,12H2,(H2,13,15). The molecule has 0 aromatic carbocycles. The van der Waals surface area contributed by atoms with Crippen molar-refractivity contribution in [3.63, 3.8) is 0 Å². The molecule has 92 valence electrons. The van der Waals surface area contributed by atoms with Crippen LogP contribution in [0.4, 0.5) is 0 Å². The third kappa shape index (κ3) is 2.32. The van der Waals surface area contributed by atoms with Gasteiger partial charge in [0, 0.05) is 11.4 Å². The lowest BCUT2D eigenvalue weighted by atomic mass is 10.2. The second kappa shape index (κ2) is 4.85. The number of thiophene rings is 1. The highest BCUT2D eigenvalue weighted by Gasteiger charge is 2.35. The number of nitrogens with two attached hydrogens (primary N) is 2. The molecule has 2 rings (SSSR count). The van der Waals surface area contributed by atoms with E-state index in [9.17, 15) is 9.59 Å². The summed E-state index contributed by atoms with van der Waals surface area (Å²) >= 11 is 1.44. The van der Waals surface area contributed by atoms with Crippen LogP contribution in [0.25, 0.3) is 0 Å². The van der Waals surface area contributed by atoms with E-state index in [1.165, 1.54) is 16.2 Å². The monoisotopic (exact) mass is 253 g/mol. The van der Waals surface area contributed by atoms with Crippen LogP contribution in [0.3, 0.4) is 0 Å². The molecule has 0 radical (unpaired) electrons. The van der Waals surface area contributed by atoms with E-state index in [0.29, 0.717) is 13.0 Å². The van der Waals surface area contributed by atoms with E-state index >= 15 is 0 Å². The Balaban J connectivity index is 2.12. The van der Waals surface area contributed by atoms with Crippen LogP contribution in [0.2, 0.25) is 0 Å². The van der Waals surface area contributed by atoms with Crippen LogP contribution in [0.1, 0.15) is 23.8 Å². The second-order valence-corrected chi connectivity index (χ2v) is 5.06. The highest BCUT2D eigenvalue weighted by molar-refractivity contribution is 7.10. The van der Waals surface area contributed by atoms with E-state index in [0.717, 1.165) is 11.3 Å². The van der Waals surface area contributed by atoms with Gasteiger partial charge in [0.2, 0.25) is 11.8 Å². The minimum absolute atomic E-state index is 0.214. The molecule has 1 saturated heterocycles.